The fourth-order valence-corrected chi connectivity index (χ4v) is 2.25. The molecule has 0 aliphatic carbocycles. The molecule has 0 spiro atoms. The molecule has 118 valence electrons. The predicted octanol–water partition coefficient (Wildman–Crippen LogP) is 0.604. The molecule has 1 aromatic rings. The van der Waals surface area contributed by atoms with Gasteiger partial charge in [-0.2, -0.15) is 0 Å². The van der Waals surface area contributed by atoms with Crippen LogP contribution in [-0.4, -0.2) is 50.0 Å². The summed E-state index contributed by atoms with van der Waals surface area (Å²) in [5.74, 6) is 0.322. The number of benzene rings is 1. The number of hydrogen-bond donors (Lipinski definition) is 2. The number of rotatable bonds is 4. The molecule has 0 atom stereocenters. The number of nitrogens with one attached hydrogen (secondary N) is 2. The van der Waals surface area contributed by atoms with Gasteiger partial charge in [0.1, 0.15) is 11.4 Å². The average Bonchev–Trinajstić information content (AvgIpc) is 2.54. The Hall–Kier alpha value is -2.34. The van der Waals surface area contributed by atoms with E-state index < -0.39 is 0 Å². The molecule has 1 heterocycles. The van der Waals surface area contributed by atoms with Crippen molar-refractivity contribution in [2.24, 2.45) is 0 Å². The summed E-state index contributed by atoms with van der Waals surface area (Å²) in [6.07, 6.45) is 1.69. The molecule has 1 fully saturated rings. The van der Waals surface area contributed by atoms with Crippen LogP contribution in [0.15, 0.2) is 30.0 Å². The van der Waals surface area contributed by atoms with Gasteiger partial charge in [0, 0.05) is 33.1 Å². The van der Waals surface area contributed by atoms with Crippen molar-refractivity contribution in [3.63, 3.8) is 0 Å². The molecule has 22 heavy (non-hydrogen) atoms. The summed E-state index contributed by atoms with van der Waals surface area (Å²) in [7, 11) is 1.60. The fourth-order valence-electron chi connectivity index (χ4n) is 2.25. The lowest BCUT2D eigenvalue weighted by molar-refractivity contribution is -0.129. The van der Waals surface area contributed by atoms with Crippen LogP contribution in [-0.2, 0) is 9.59 Å². The molecule has 1 aliphatic rings. The number of carbonyl (C=O) groups excluding carboxylic acids is 2. The highest BCUT2D eigenvalue weighted by atomic mass is 16.5. The summed E-state index contributed by atoms with van der Waals surface area (Å²) in [6, 6.07) is 7.30. The standard InChI is InChI=1S/C16H21N3O3/c1-12(20)18-15(16(21)19-9-7-17-8-10-19)11-13-3-5-14(22-2)6-4-13/h3-6,11,17H,7-10H2,1-2H3,(H,18,20). The molecule has 6 heteroatoms. The number of ether oxygens (including phenoxy) is 1. The van der Waals surface area contributed by atoms with E-state index in [4.69, 9.17) is 4.74 Å². The number of piperazine rings is 1. The zero-order valence-electron chi connectivity index (χ0n) is 12.9. The van der Waals surface area contributed by atoms with Crippen LogP contribution in [0.5, 0.6) is 5.75 Å². The fraction of sp³-hybridized carbons (Fsp3) is 0.375. The third-order valence-corrected chi connectivity index (χ3v) is 3.37. The second kappa shape index (κ2) is 7.61. The van der Waals surface area contributed by atoms with Crippen molar-refractivity contribution < 1.29 is 14.3 Å². The van der Waals surface area contributed by atoms with Crippen molar-refractivity contribution in [1.29, 1.82) is 0 Å². The third-order valence-electron chi connectivity index (χ3n) is 3.37. The van der Waals surface area contributed by atoms with Gasteiger partial charge in [-0.15, -0.1) is 0 Å². The van der Waals surface area contributed by atoms with Crippen molar-refractivity contribution in [2.45, 2.75) is 6.92 Å². The van der Waals surface area contributed by atoms with Crippen LogP contribution in [0.25, 0.3) is 6.08 Å². The van der Waals surface area contributed by atoms with E-state index in [1.54, 1.807) is 18.1 Å². The van der Waals surface area contributed by atoms with Crippen LogP contribution in [0.1, 0.15) is 12.5 Å². The first-order chi connectivity index (χ1) is 10.6. The van der Waals surface area contributed by atoms with E-state index in [0.29, 0.717) is 18.8 Å². The molecule has 0 aromatic heterocycles. The normalized spacial score (nSPS) is 15.4. The van der Waals surface area contributed by atoms with Gasteiger partial charge in [-0.3, -0.25) is 9.59 Å². The molecule has 0 saturated carbocycles. The molecular formula is C16H21N3O3. The molecule has 2 N–H and O–H groups in total. The Balaban J connectivity index is 2.21. The van der Waals surface area contributed by atoms with Crippen LogP contribution in [0.4, 0.5) is 0 Å². The summed E-state index contributed by atoms with van der Waals surface area (Å²) >= 11 is 0. The van der Waals surface area contributed by atoms with E-state index in [1.807, 2.05) is 24.3 Å². The molecule has 1 aliphatic heterocycles. The first-order valence-electron chi connectivity index (χ1n) is 7.23. The van der Waals surface area contributed by atoms with Gasteiger partial charge in [-0.25, -0.2) is 0 Å². The minimum atomic E-state index is -0.261. The number of methoxy groups -OCH3 is 1. The molecule has 1 saturated heterocycles. The Bertz CT molecular complexity index is 561. The quantitative estimate of drug-likeness (QED) is 0.799. The second-order valence-corrected chi connectivity index (χ2v) is 5.05. The first-order valence-corrected chi connectivity index (χ1v) is 7.23. The highest BCUT2D eigenvalue weighted by molar-refractivity contribution is 6.01. The summed E-state index contributed by atoms with van der Waals surface area (Å²) in [4.78, 5) is 25.7. The number of nitrogens with zero attached hydrogens (tertiary/aromatic N) is 1. The van der Waals surface area contributed by atoms with Gasteiger partial charge in [-0.05, 0) is 23.8 Å². The molecule has 2 amide bonds. The smallest absolute Gasteiger partial charge is 0.270 e. The maximum atomic E-state index is 12.6. The van der Waals surface area contributed by atoms with Crippen molar-refractivity contribution in [1.82, 2.24) is 15.5 Å². The first kappa shape index (κ1) is 16.0. The lowest BCUT2D eigenvalue weighted by Gasteiger charge is -2.28. The van der Waals surface area contributed by atoms with Gasteiger partial charge in [0.25, 0.3) is 5.91 Å². The molecular weight excluding hydrogens is 282 g/mol. The zero-order valence-corrected chi connectivity index (χ0v) is 12.9. The van der Waals surface area contributed by atoms with Gasteiger partial charge in [-0.1, -0.05) is 12.1 Å². The molecule has 0 bridgehead atoms. The molecule has 0 unspecified atom stereocenters. The SMILES string of the molecule is COc1ccc(C=C(NC(C)=O)C(=O)N2CCNCC2)cc1. The molecule has 2 rings (SSSR count). The van der Waals surface area contributed by atoms with Crippen molar-refractivity contribution in [3.05, 3.63) is 35.5 Å². The Morgan fingerprint density at radius 1 is 1.23 bits per heavy atom. The molecule has 0 radical (unpaired) electrons. The van der Waals surface area contributed by atoms with Crippen molar-refractivity contribution in [2.75, 3.05) is 33.3 Å². The summed E-state index contributed by atoms with van der Waals surface area (Å²) in [5.41, 5.74) is 1.12. The van der Waals surface area contributed by atoms with E-state index in [2.05, 4.69) is 10.6 Å². The van der Waals surface area contributed by atoms with Gasteiger partial charge in [0.05, 0.1) is 7.11 Å². The summed E-state index contributed by atoms with van der Waals surface area (Å²) < 4.78 is 5.11. The maximum absolute atomic E-state index is 12.6. The minimum Gasteiger partial charge on any atom is -0.497 e. The molecule has 6 nitrogen and oxygen atoms in total. The predicted molar refractivity (Wildman–Crippen MR) is 84.2 cm³/mol. The number of carbonyl (C=O) groups is 2. The highest BCUT2D eigenvalue weighted by Crippen LogP contribution is 2.14. The van der Waals surface area contributed by atoms with Gasteiger partial charge in [0.2, 0.25) is 5.91 Å². The largest absolute Gasteiger partial charge is 0.497 e. The van der Waals surface area contributed by atoms with E-state index in [0.717, 1.165) is 24.4 Å². The average molecular weight is 303 g/mol. The van der Waals surface area contributed by atoms with Gasteiger partial charge in [0.15, 0.2) is 0 Å². The Labute approximate surface area is 130 Å². The van der Waals surface area contributed by atoms with Crippen LogP contribution in [0.3, 0.4) is 0 Å². The summed E-state index contributed by atoms with van der Waals surface area (Å²) in [5, 5.41) is 5.83. The summed E-state index contributed by atoms with van der Waals surface area (Å²) in [6.45, 7) is 4.20. The molecule has 1 aromatic carbocycles. The van der Waals surface area contributed by atoms with Crippen LogP contribution in [0, 0.1) is 0 Å². The number of hydrogen-bond acceptors (Lipinski definition) is 4. The van der Waals surface area contributed by atoms with Crippen molar-refractivity contribution in [3.8, 4) is 5.75 Å². The van der Waals surface area contributed by atoms with Crippen LogP contribution in [0.2, 0.25) is 0 Å². The Morgan fingerprint density at radius 3 is 2.41 bits per heavy atom. The van der Waals surface area contributed by atoms with Crippen molar-refractivity contribution >= 4 is 17.9 Å². The maximum Gasteiger partial charge on any atom is 0.270 e. The van der Waals surface area contributed by atoms with E-state index in [-0.39, 0.29) is 11.8 Å². The van der Waals surface area contributed by atoms with Gasteiger partial charge >= 0.3 is 0 Å². The van der Waals surface area contributed by atoms with Crippen LogP contribution < -0.4 is 15.4 Å². The van der Waals surface area contributed by atoms with Gasteiger partial charge < -0.3 is 20.3 Å². The van der Waals surface area contributed by atoms with E-state index in [1.165, 1.54) is 6.92 Å². The minimum absolute atomic E-state index is 0.160. The second-order valence-electron chi connectivity index (χ2n) is 5.05. The third kappa shape index (κ3) is 4.33. The lowest BCUT2D eigenvalue weighted by Crippen LogP contribution is -2.48. The van der Waals surface area contributed by atoms with E-state index in [9.17, 15) is 9.59 Å². The monoisotopic (exact) mass is 303 g/mol. The lowest BCUT2D eigenvalue weighted by atomic mass is 10.1. The van der Waals surface area contributed by atoms with Crippen LogP contribution >= 0.6 is 0 Å². The Kier molecular flexibility index (Phi) is 5.55. The number of amides is 2. The zero-order chi connectivity index (χ0) is 15.9. The Morgan fingerprint density at radius 2 is 1.86 bits per heavy atom. The van der Waals surface area contributed by atoms with E-state index >= 15 is 0 Å². The highest BCUT2D eigenvalue weighted by Gasteiger charge is 2.20. The topological polar surface area (TPSA) is 70.7 Å².